The third-order valence-electron chi connectivity index (χ3n) is 0.921. The van der Waals surface area contributed by atoms with Gasteiger partial charge < -0.3 is 5.32 Å². The van der Waals surface area contributed by atoms with Crippen molar-refractivity contribution >= 4 is 5.82 Å². The molecule has 44 valence electrons. The highest BCUT2D eigenvalue weighted by Gasteiger charge is 1.79. The summed E-state index contributed by atoms with van der Waals surface area (Å²) in [5.41, 5.74) is 0. The number of anilines is 1. The Morgan fingerprint density at radius 2 is 2.50 bits per heavy atom. The first-order chi connectivity index (χ1) is 3.93. The van der Waals surface area contributed by atoms with Crippen molar-refractivity contribution in [1.82, 2.24) is 4.98 Å². The zero-order valence-electron chi connectivity index (χ0n) is 4.76. The molecule has 0 aliphatic rings. The molecule has 0 unspecified atom stereocenters. The molecule has 0 spiro atoms. The minimum absolute atomic E-state index is 0. The number of nitrogens with one attached hydrogen (secondary N) is 1. The molecule has 0 saturated carbocycles. The van der Waals surface area contributed by atoms with Crippen molar-refractivity contribution in [3.05, 3.63) is 24.4 Å². The van der Waals surface area contributed by atoms with Crippen LogP contribution in [0.2, 0.25) is 0 Å². The second kappa shape index (κ2) is 2.31. The zero-order valence-corrected chi connectivity index (χ0v) is 4.76. The van der Waals surface area contributed by atoms with Crippen molar-refractivity contribution < 1.29 is 1.43 Å². The van der Waals surface area contributed by atoms with Crippen LogP contribution in [0, 0.1) is 0 Å². The predicted octanol–water partition coefficient (Wildman–Crippen LogP) is 1.37. The Bertz CT molecular complexity index is 152. The van der Waals surface area contributed by atoms with Crippen molar-refractivity contribution in [2.75, 3.05) is 12.4 Å². The van der Waals surface area contributed by atoms with Gasteiger partial charge in [-0.2, -0.15) is 0 Å². The zero-order chi connectivity index (χ0) is 5.82. The fourth-order valence-corrected chi connectivity index (χ4v) is 0.511. The molecule has 1 rings (SSSR count). The molecule has 1 N–H and O–H groups in total. The SMILES string of the molecule is CNc1ccccn1.[HH]. The van der Waals surface area contributed by atoms with Crippen LogP contribution >= 0.6 is 0 Å². The minimum atomic E-state index is 0. The molecule has 0 saturated heterocycles. The number of hydrogen-bond donors (Lipinski definition) is 1. The Morgan fingerprint density at radius 1 is 1.62 bits per heavy atom. The lowest BCUT2D eigenvalue weighted by Gasteiger charge is -1.92. The number of rotatable bonds is 1. The summed E-state index contributed by atoms with van der Waals surface area (Å²) >= 11 is 0. The molecule has 2 nitrogen and oxygen atoms in total. The van der Waals surface area contributed by atoms with Crippen LogP contribution in [-0.2, 0) is 0 Å². The van der Waals surface area contributed by atoms with Crippen LogP contribution in [0.3, 0.4) is 0 Å². The lowest BCUT2D eigenvalue weighted by atomic mass is 10.5. The van der Waals surface area contributed by atoms with Gasteiger partial charge in [0.25, 0.3) is 0 Å². The van der Waals surface area contributed by atoms with Gasteiger partial charge >= 0.3 is 0 Å². The Labute approximate surface area is 50.1 Å². The summed E-state index contributed by atoms with van der Waals surface area (Å²) in [6.07, 6.45) is 1.76. The summed E-state index contributed by atoms with van der Waals surface area (Å²) in [5, 5.41) is 2.92. The monoisotopic (exact) mass is 110 g/mol. The largest absolute Gasteiger partial charge is 0.373 e. The average molecular weight is 110 g/mol. The van der Waals surface area contributed by atoms with Gasteiger partial charge in [0.2, 0.25) is 0 Å². The average Bonchev–Trinajstić information content (AvgIpc) is 1.90. The number of aromatic nitrogens is 1. The number of pyridine rings is 1. The highest BCUT2D eigenvalue weighted by atomic mass is 14.9. The predicted molar refractivity (Wildman–Crippen MR) is 35.9 cm³/mol. The van der Waals surface area contributed by atoms with Gasteiger partial charge in [0.15, 0.2) is 0 Å². The molecule has 0 atom stereocenters. The first-order valence-corrected chi connectivity index (χ1v) is 2.52. The number of hydrogen-bond acceptors (Lipinski definition) is 2. The van der Waals surface area contributed by atoms with Gasteiger partial charge in [-0.05, 0) is 12.1 Å². The van der Waals surface area contributed by atoms with Crippen molar-refractivity contribution in [1.29, 1.82) is 0 Å². The van der Waals surface area contributed by atoms with E-state index in [-0.39, 0.29) is 1.43 Å². The van der Waals surface area contributed by atoms with Gasteiger partial charge in [-0.15, -0.1) is 0 Å². The molecule has 2 heteroatoms. The maximum atomic E-state index is 3.99. The summed E-state index contributed by atoms with van der Waals surface area (Å²) in [6.45, 7) is 0. The van der Waals surface area contributed by atoms with Gasteiger partial charge in [0.05, 0.1) is 0 Å². The van der Waals surface area contributed by atoms with Gasteiger partial charge in [-0.3, -0.25) is 0 Å². The number of nitrogens with zero attached hydrogens (tertiary/aromatic N) is 1. The molecule has 0 aromatic carbocycles. The molecular formula is C6H10N2. The van der Waals surface area contributed by atoms with Gasteiger partial charge in [0.1, 0.15) is 5.82 Å². The molecule has 0 aliphatic heterocycles. The third kappa shape index (κ3) is 0.964. The normalized spacial score (nSPS) is 8.62. The highest BCUT2D eigenvalue weighted by molar-refractivity contribution is 5.31. The summed E-state index contributed by atoms with van der Waals surface area (Å²) in [4.78, 5) is 3.99. The van der Waals surface area contributed by atoms with E-state index in [1.807, 2.05) is 25.2 Å². The molecule has 1 heterocycles. The summed E-state index contributed by atoms with van der Waals surface area (Å²) < 4.78 is 0. The van der Waals surface area contributed by atoms with Crippen molar-refractivity contribution in [3.8, 4) is 0 Å². The Kier molecular flexibility index (Phi) is 1.47. The van der Waals surface area contributed by atoms with E-state index < -0.39 is 0 Å². The minimum Gasteiger partial charge on any atom is -0.373 e. The molecule has 0 fully saturated rings. The first-order valence-electron chi connectivity index (χ1n) is 2.52. The van der Waals surface area contributed by atoms with Crippen LogP contribution in [0.25, 0.3) is 0 Å². The molecule has 8 heavy (non-hydrogen) atoms. The summed E-state index contributed by atoms with van der Waals surface area (Å²) in [7, 11) is 1.85. The van der Waals surface area contributed by atoms with Crippen molar-refractivity contribution in [2.24, 2.45) is 0 Å². The van der Waals surface area contributed by atoms with E-state index in [9.17, 15) is 0 Å². The topological polar surface area (TPSA) is 24.9 Å². The molecule has 1 aromatic heterocycles. The quantitative estimate of drug-likeness (QED) is 0.590. The summed E-state index contributed by atoms with van der Waals surface area (Å²) in [5.74, 6) is 0.910. The fraction of sp³-hybridized carbons (Fsp3) is 0.167. The fourth-order valence-electron chi connectivity index (χ4n) is 0.511. The van der Waals surface area contributed by atoms with E-state index in [4.69, 9.17) is 0 Å². The summed E-state index contributed by atoms with van der Waals surface area (Å²) in [6, 6.07) is 5.75. The first kappa shape index (κ1) is 5.09. The van der Waals surface area contributed by atoms with Gasteiger partial charge in [0, 0.05) is 14.7 Å². The van der Waals surface area contributed by atoms with Crippen LogP contribution in [0.4, 0.5) is 5.82 Å². The molecule has 0 aliphatic carbocycles. The highest BCUT2D eigenvalue weighted by Crippen LogP contribution is 1.95. The third-order valence-corrected chi connectivity index (χ3v) is 0.921. The van der Waals surface area contributed by atoms with E-state index in [0.717, 1.165) is 5.82 Å². The van der Waals surface area contributed by atoms with Crippen molar-refractivity contribution in [3.63, 3.8) is 0 Å². The Morgan fingerprint density at radius 3 is 2.88 bits per heavy atom. The second-order valence-electron chi connectivity index (χ2n) is 1.46. The molecule has 0 radical (unpaired) electrons. The van der Waals surface area contributed by atoms with E-state index >= 15 is 0 Å². The molecule has 0 amide bonds. The Hall–Kier alpha value is -1.05. The van der Waals surface area contributed by atoms with E-state index in [1.165, 1.54) is 0 Å². The Balaban J connectivity index is 0.000000640. The van der Waals surface area contributed by atoms with Crippen LogP contribution in [0.5, 0.6) is 0 Å². The maximum absolute atomic E-state index is 3.99. The van der Waals surface area contributed by atoms with Gasteiger partial charge in [-0.1, -0.05) is 6.07 Å². The molecule has 0 bridgehead atoms. The lowest BCUT2D eigenvalue weighted by molar-refractivity contribution is 1.29. The molecular weight excluding hydrogens is 100 g/mol. The van der Waals surface area contributed by atoms with E-state index in [0.29, 0.717) is 0 Å². The van der Waals surface area contributed by atoms with Crippen LogP contribution < -0.4 is 5.32 Å². The van der Waals surface area contributed by atoms with Crippen LogP contribution in [0.1, 0.15) is 1.43 Å². The van der Waals surface area contributed by atoms with E-state index in [2.05, 4.69) is 10.3 Å². The lowest BCUT2D eigenvalue weighted by Crippen LogP contribution is -1.88. The van der Waals surface area contributed by atoms with Crippen molar-refractivity contribution in [2.45, 2.75) is 0 Å². The van der Waals surface area contributed by atoms with Gasteiger partial charge in [-0.25, -0.2) is 4.98 Å². The van der Waals surface area contributed by atoms with Crippen LogP contribution in [-0.4, -0.2) is 12.0 Å². The standard InChI is InChI=1S/C6H8N2.H2/c1-7-6-4-2-3-5-8-6;/h2-5H,1H3,(H,7,8);1H. The van der Waals surface area contributed by atoms with E-state index in [1.54, 1.807) is 6.20 Å². The van der Waals surface area contributed by atoms with Crippen LogP contribution in [0.15, 0.2) is 24.4 Å². The molecule has 1 aromatic rings. The second-order valence-corrected chi connectivity index (χ2v) is 1.46. The maximum Gasteiger partial charge on any atom is 0.125 e. The smallest absolute Gasteiger partial charge is 0.125 e.